The van der Waals surface area contributed by atoms with Gasteiger partial charge in [0.15, 0.2) is 0 Å². The highest BCUT2D eigenvalue weighted by Gasteiger charge is 2.23. The molecule has 1 aromatic carbocycles. The molecule has 1 rings (SSSR count). The Morgan fingerprint density at radius 1 is 1.21 bits per heavy atom. The van der Waals surface area contributed by atoms with Crippen LogP contribution in [0, 0.1) is 6.92 Å². The Hall–Kier alpha value is -0.563. The minimum Gasteiger partial charge on any atom is -0.0671 e. The molecule has 1 heteroatoms. The fourth-order valence-corrected chi connectivity index (χ4v) is 2.27. The van der Waals surface area contributed by atoms with Crippen LogP contribution in [0.5, 0.6) is 0 Å². The van der Waals surface area contributed by atoms with Crippen molar-refractivity contribution in [3.8, 4) is 0 Å². The van der Waals surface area contributed by atoms with Gasteiger partial charge in [0, 0.05) is 0 Å². The standard InChI is InChI=1S/C13H19Si/c1-5-13(4,6-2)12-8-7-11(14)9-10(12)3/h7-9H,5-6H2,1-4H3. The molecule has 0 aliphatic rings. The van der Waals surface area contributed by atoms with Crippen LogP contribution in [0.2, 0.25) is 0 Å². The lowest BCUT2D eigenvalue weighted by Crippen LogP contribution is -2.22. The quantitative estimate of drug-likeness (QED) is 0.663. The molecule has 0 saturated carbocycles. The van der Waals surface area contributed by atoms with Gasteiger partial charge in [0.1, 0.15) is 0 Å². The predicted octanol–water partition coefficient (Wildman–Crippen LogP) is 2.87. The van der Waals surface area contributed by atoms with Gasteiger partial charge in [-0.05, 0) is 36.3 Å². The number of hydrogen-bond acceptors (Lipinski definition) is 0. The van der Waals surface area contributed by atoms with E-state index in [4.69, 9.17) is 0 Å². The van der Waals surface area contributed by atoms with E-state index in [1.807, 2.05) is 0 Å². The van der Waals surface area contributed by atoms with Crippen molar-refractivity contribution in [3.63, 3.8) is 0 Å². The Kier molecular flexibility index (Phi) is 3.54. The van der Waals surface area contributed by atoms with E-state index in [0.717, 1.165) is 0 Å². The molecule has 1 aromatic rings. The van der Waals surface area contributed by atoms with E-state index in [0.29, 0.717) is 5.41 Å². The highest BCUT2D eigenvalue weighted by atomic mass is 28.1. The van der Waals surface area contributed by atoms with Crippen molar-refractivity contribution < 1.29 is 0 Å². The number of benzene rings is 1. The van der Waals surface area contributed by atoms with Crippen LogP contribution in [0.15, 0.2) is 18.2 Å². The third-order valence-electron chi connectivity index (χ3n) is 3.44. The average molecular weight is 203 g/mol. The van der Waals surface area contributed by atoms with Crippen LogP contribution < -0.4 is 5.19 Å². The van der Waals surface area contributed by atoms with E-state index in [1.54, 1.807) is 0 Å². The van der Waals surface area contributed by atoms with E-state index < -0.39 is 0 Å². The summed E-state index contributed by atoms with van der Waals surface area (Å²) in [5.74, 6) is 0. The third-order valence-corrected chi connectivity index (χ3v) is 3.75. The minimum atomic E-state index is 0.337. The lowest BCUT2D eigenvalue weighted by molar-refractivity contribution is 0.437. The Morgan fingerprint density at radius 2 is 1.79 bits per heavy atom. The van der Waals surface area contributed by atoms with Crippen LogP contribution in [0.4, 0.5) is 0 Å². The van der Waals surface area contributed by atoms with Crippen LogP contribution in [0.1, 0.15) is 44.7 Å². The molecule has 0 atom stereocenters. The molecule has 14 heavy (non-hydrogen) atoms. The van der Waals surface area contributed by atoms with Crippen molar-refractivity contribution in [1.82, 2.24) is 0 Å². The molecule has 0 N–H and O–H groups in total. The van der Waals surface area contributed by atoms with Crippen LogP contribution in [-0.4, -0.2) is 10.2 Å². The summed E-state index contributed by atoms with van der Waals surface area (Å²) < 4.78 is 0. The van der Waals surface area contributed by atoms with Crippen molar-refractivity contribution in [1.29, 1.82) is 0 Å². The smallest absolute Gasteiger partial charge is 0.0671 e. The minimum absolute atomic E-state index is 0.337. The van der Waals surface area contributed by atoms with Crippen molar-refractivity contribution in [2.45, 2.75) is 46.0 Å². The summed E-state index contributed by atoms with van der Waals surface area (Å²) in [6.07, 6.45) is 2.40. The Balaban J connectivity index is 3.17. The molecule has 0 amide bonds. The molecular weight excluding hydrogens is 184 g/mol. The second-order valence-electron chi connectivity index (χ2n) is 4.30. The summed E-state index contributed by atoms with van der Waals surface area (Å²) in [6, 6.07) is 6.60. The van der Waals surface area contributed by atoms with E-state index >= 15 is 0 Å². The largest absolute Gasteiger partial charge is 0.0711 e. The van der Waals surface area contributed by atoms with Gasteiger partial charge in [-0.1, -0.05) is 44.2 Å². The van der Waals surface area contributed by atoms with Gasteiger partial charge in [0.05, 0.1) is 10.2 Å². The van der Waals surface area contributed by atoms with Gasteiger partial charge in [-0.25, -0.2) is 0 Å². The maximum atomic E-state index is 3.56. The zero-order valence-electron chi connectivity index (χ0n) is 9.65. The van der Waals surface area contributed by atoms with E-state index in [2.05, 4.69) is 56.1 Å². The number of rotatable bonds is 3. The molecule has 3 radical (unpaired) electrons. The topological polar surface area (TPSA) is 0 Å². The zero-order valence-corrected chi connectivity index (χ0v) is 10.6. The Morgan fingerprint density at radius 3 is 2.21 bits per heavy atom. The molecule has 0 heterocycles. The Labute approximate surface area is 91.2 Å². The van der Waals surface area contributed by atoms with Gasteiger partial charge in [0.25, 0.3) is 0 Å². The summed E-state index contributed by atoms with van der Waals surface area (Å²) in [6.45, 7) is 9.08. The molecule has 0 aliphatic heterocycles. The molecule has 0 nitrogen and oxygen atoms in total. The fraction of sp³-hybridized carbons (Fsp3) is 0.538. The lowest BCUT2D eigenvalue weighted by Gasteiger charge is -2.29. The first-order valence-electron chi connectivity index (χ1n) is 5.36. The molecule has 0 spiro atoms. The van der Waals surface area contributed by atoms with Crippen molar-refractivity contribution >= 4 is 15.4 Å². The summed E-state index contributed by atoms with van der Waals surface area (Å²) >= 11 is 0. The molecular formula is C13H19Si. The molecule has 75 valence electrons. The van der Waals surface area contributed by atoms with E-state index in [1.165, 1.54) is 29.2 Å². The fourth-order valence-electron chi connectivity index (χ4n) is 1.97. The van der Waals surface area contributed by atoms with E-state index in [-0.39, 0.29) is 0 Å². The summed E-state index contributed by atoms with van der Waals surface area (Å²) in [5.41, 5.74) is 3.22. The normalized spacial score (nSPS) is 11.8. The van der Waals surface area contributed by atoms with Crippen molar-refractivity contribution in [2.24, 2.45) is 0 Å². The first-order valence-corrected chi connectivity index (χ1v) is 5.86. The van der Waals surface area contributed by atoms with Gasteiger partial charge in [-0.3, -0.25) is 0 Å². The monoisotopic (exact) mass is 203 g/mol. The van der Waals surface area contributed by atoms with Crippen LogP contribution >= 0.6 is 0 Å². The maximum absolute atomic E-state index is 3.56. The number of hydrogen-bond donors (Lipinski definition) is 0. The molecule has 0 aromatic heterocycles. The van der Waals surface area contributed by atoms with E-state index in [9.17, 15) is 0 Å². The van der Waals surface area contributed by atoms with Gasteiger partial charge in [-0.2, -0.15) is 0 Å². The molecule has 0 unspecified atom stereocenters. The van der Waals surface area contributed by atoms with Gasteiger partial charge in [0.2, 0.25) is 0 Å². The highest BCUT2D eigenvalue weighted by Crippen LogP contribution is 2.32. The zero-order chi connectivity index (χ0) is 10.8. The average Bonchev–Trinajstić information content (AvgIpc) is 2.17. The number of aryl methyl sites for hydroxylation is 1. The molecule has 0 aliphatic carbocycles. The van der Waals surface area contributed by atoms with Crippen LogP contribution in [0.3, 0.4) is 0 Å². The van der Waals surface area contributed by atoms with Gasteiger partial charge in [-0.15, -0.1) is 0 Å². The first-order chi connectivity index (χ1) is 6.53. The van der Waals surface area contributed by atoms with Crippen LogP contribution in [0.25, 0.3) is 0 Å². The Bertz CT molecular complexity index is 311. The highest BCUT2D eigenvalue weighted by molar-refractivity contribution is 6.32. The second-order valence-corrected chi connectivity index (χ2v) is 4.87. The first kappa shape index (κ1) is 11.5. The maximum Gasteiger partial charge on any atom is 0.0711 e. The summed E-state index contributed by atoms with van der Waals surface area (Å²) in [7, 11) is 3.56. The second kappa shape index (κ2) is 4.31. The van der Waals surface area contributed by atoms with Gasteiger partial charge >= 0.3 is 0 Å². The van der Waals surface area contributed by atoms with Crippen LogP contribution in [-0.2, 0) is 5.41 Å². The molecule has 0 fully saturated rings. The summed E-state index contributed by atoms with van der Waals surface area (Å²) in [5, 5.41) is 1.17. The predicted molar refractivity (Wildman–Crippen MR) is 64.5 cm³/mol. The summed E-state index contributed by atoms with van der Waals surface area (Å²) in [4.78, 5) is 0. The molecule has 0 saturated heterocycles. The molecule has 0 bridgehead atoms. The van der Waals surface area contributed by atoms with Crippen molar-refractivity contribution in [3.05, 3.63) is 29.3 Å². The SMILES string of the molecule is CCC(C)(CC)c1ccc([Si])cc1C. The van der Waals surface area contributed by atoms with Gasteiger partial charge < -0.3 is 0 Å². The van der Waals surface area contributed by atoms with Crippen molar-refractivity contribution in [2.75, 3.05) is 0 Å². The lowest BCUT2D eigenvalue weighted by atomic mass is 9.76. The third kappa shape index (κ3) is 2.09.